The maximum atomic E-state index is 13.7. The zero-order valence-corrected chi connectivity index (χ0v) is 13.9. The van der Waals surface area contributed by atoms with E-state index in [9.17, 15) is 22.0 Å². The van der Waals surface area contributed by atoms with Gasteiger partial charge in [-0.15, -0.1) is 13.2 Å². The molecule has 1 fully saturated rings. The maximum Gasteiger partial charge on any atom is 0.573 e. The van der Waals surface area contributed by atoms with E-state index in [0.29, 0.717) is 12.0 Å². The van der Waals surface area contributed by atoms with Crippen LogP contribution in [0.5, 0.6) is 5.75 Å². The van der Waals surface area contributed by atoms with Crippen LogP contribution in [0.2, 0.25) is 0 Å². The highest BCUT2D eigenvalue weighted by atomic mass is 19.4. The Hall–Kier alpha value is -2.84. The summed E-state index contributed by atoms with van der Waals surface area (Å²) in [6.07, 6.45) is -4.22. The van der Waals surface area contributed by atoms with Gasteiger partial charge in [0.15, 0.2) is 5.96 Å². The van der Waals surface area contributed by atoms with Gasteiger partial charge in [-0.1, -0.05) is 18.2 Å². The van der Waals surface area contributed by atoms with Crippen LogP contribution >= 0.6 is 0 Å². The third kappa shape index (κ3) is 5.08. The van der Waals surface area contributed by atoms with Gasteiger partial charge < -0.3 is 15.8 Å². The summed E-state index contributed by atoms with van der Waals surface area (Å²) < 4.78 is 67.6. The van der Waals surface area contributed by atoms with Crippen LogP contribution in [0.25, 0.3) is 0 Å². The Labute approximate surface area is 151 Å². The van der Waals surface area contributed by atoms with Gasteiger partial charge in [0.25, 0.3) is 0 Å². The van der Waals surface area contributed by atoms with Crippen molar-refractivity contribution in [1.29, 1.82) is 0 Å². The van der Waals surface area contributed by atoms with Crippen molar-refractivity contribution in [2.45, 2.75) is 31.3 Å². The standard InChI is InChI=1S/C18H16F5N3O/c19-13-2-1-3-14(20)16(13)12-8-15(12)26-17(24)25-9-10-4-6-11(7-5-10)27-18(21,22)23/h1-7,12,15H,8-9H2,(H3,24,25,26). The van der Waals surface area contributed by atoms with E-state index >= 15 is 0 Å². The Morgan fingerprint density at radius 2 is 1.74 bits per heavy atom. The van der Waals surface area contributed by atoms with Crippen LogP contribution in [0.15, 0.2) is 47.5 Å². The second kappa shape index (κ2) is 7.42. The van der Waals surface area contributed by atoms with E-state index in [0.717, 1.165) is 0 Å². The van der Waals surface area contributed by atoms with Crippen molar-refractivity contribution in [2.75, 3.05) is 0 Å². The number of ether oxygens (including phenoxy) is 1. The SMILES string of the molecule is NC(=NCc1ccc(OC(F)(F)F)cc1)NC1CC1c1c(F)cccc1F. The lowest BCUT2D eigenvalue weighted by molar-refractivity contribution is -0.274. The van der Waals surface area contributed by atoms with Gasteiger partial charge in [0, 0.05) is 17.5 Å². The number of aliphatic imine (C=N–C) groups is 1. The summed E-state index contributed by atoms with van der Waals surface area (Å²) in [5, 5.41) is 2.89. The first kappa shape index (κ1) is 18.9. The highest BCUT2D eigenvalue weighted by Gasteiger charge is 2.42. The van der Waals surface area contributed by atoms with Crippen molar-refractivity contribution < 1.29 is 26.7 Å². The normalized spacial score (nSPS) is 19.7. The van der Waals surface area contributed by atoms with Gasteiger partial charge in [-0.3, -0.25) is 0 Å². The Kier molecular flexibility index (Phi) is 5.20. The van der Waals surface area contributed by atoms with Gasteiger partial charge in [0.05, 0.1) is 6.54 Å². The van der Waals surface area contributed by atoms with Crippen LogP contribution in [-0.4, -0.2) is 18.4 Å². The van der Waals surface area contributed by atoms with Gasteiger partial charge in [-0.25, -0.2) is 13.8 Å². The first-order valence-corrected chi connectivity index (χ1v) is 8.08. The number of nitrogens with one attached hydrogen (secondary N) is 1. The van der Waals surface area contributed by atoms with E-state index in [-0.39, 0.29) is 35.8 Å². The molecule has 0 aliphatic heterocycles. The van der Waals surface area contributed by atoms with Crippen molar-refractivity contribution in [3.63, 3.8) is 0 Å². The number of hydrogen-bond acceptors (Lipinski definition) is 2. The predicted molar refractivity (Wildman–Crippen MR) is 89.1 cm³/mol. The van der Waals surface area contributed by atoms with Gasteiger partial charge in [-0.05, 0) is 36.2 Å². The third-order valence-electron chi connectivity index (χ3n) is 4.08. The first-order chi connectivity index (χ1) is 12.7. The molecule has 2 unspecified atom stereocenters. The molecule has 2 aromatic rings. The minimum Gasteiger partial charge on any atom is -0.406 e. The molecule has 9 heteroatoms. The molecule has 3 N–H and O–H groups in total. The number of guanidine groups is 1. The third-order valence-corrected chi connectivity index (χ3v) is 4.08. The Balaban J connectivity index is 1.53. The summed E-state index contributed by atoms with van der Waals surface area (Å²) in [5.74, 6) is -1.75. The molecule has 0 aromatic heterocycles. The lowest BCUT2D eigenvalue weighted by Gasteiger charge is -2.09. The molecule has 27 heavy (non-hydrogen) atoms. The van der Waals surface area contributed by atoms with E-state index in [1.54, 1.807) is 0 Å². The van der Waals surface area contributed by atoms with Crippen LogP contribution in [0.1, 0.15) is 23.5 Å². The fraction of sp³-hybridized carbons (Fsp3) is 0.278. The van der Waals surface area contributed by atoms with Gasteiger partial charge >= 0.3 is 6.36 Å². The largest absolute Gasteiger partial charge is 0.573 e. The van der Waals surface area contributed by atoms with E-state index in [1.165, 1.54) is 42.5 Å². The van der Waals surface area contributed by atoms with E-state index in [1.807, 2.05) is 0 Å². The fourth-order valence-corrected chi connectivity index (χ4v) is 2.75. The van der Waals surface area contributed by atoms with Crippen LogP contribution in [0.3, 0.4) is 0 Å². The van der Waals surface area contributed by atoms with Crippen molar-refractivity contribution in [3.05, 3.63) is 65.2 Å². The van der Waals surface area contributed by atoms with Crippen LogP contribution in [0.4, 0.5) is 22.0 Å². The summed E-state index contributed by atoms with van der Waals surface area (Å²) in [6.45, 7) is 0.135. The average molecular weight is 385 g/mol. The number of nitrogens with zero attached hydrogens (tertiary/aromatic N) is 1. The van der Waals surface area contributed by atoms with E-state index in [4.69, 9.17) is 5.73 Å². The second-order valence-corrected chi connectivity index (χ2v) is 6.12. The van der Waals surface area contributed by atoms with Crippen LogP contribution in [0, 0.1) is 11.6 Å². The molecule has 0 bridgehead atoms. The zero-order chi connectivity index (χ0) is 19.6. The number of benzene rings is 2. The van der Waals surface area contributed by atoms with Gasteiger partial charge in [0.2, 0.25) is 0 Å². The van der Waals surface area contributed by atoms with E-state index in [2.05, 4.69) is 15.0 Å². The molecule has 2 atom stereocenters. The predicted octanol–water partition coefficient (Wildman–Crippen LogP) is 3.82. The zero-order valence-electron chi connectivity index (χ0n) is 13.9. The van der Waals surface area contributed by atoms with Crippen molar-refractivity contribution >= 4 is 5.96 Å². The smallest absolute Gasteiger partial charge is 0.406 e. The number of rotatable bonds is 5. The molecule has 0 radical (unpaired) electrons. The van der Waals surface area contributed by atoms with Gasteiger partial charge in [0.1, 0.15) is 17.4 Å². The molecular weight excluding hydrogens is 369 g/mol. The lowest BCUT2D eigenvalue weighted by atomic mass is 10.1. The minimum absolute atomic E-state index is 0.0306. The molecule has 1 aliphatic carbocycles. The highest BCUT2D eigenvalue weighted by Crippen LogP contribution is 2.42. The lowest BCUT2D eigenvalue weighted by Crippen LogP contribution is -2.34. The van der Waals surface area contributed by atoms with Crippen molar-refractivity contribution in [2.24, 2.45) is 10.7 Å². The molecule has 0 spiro atoms. The number of alkyl halides is 3. The molecule has 4 nitrogen and oxygen atoms in total. The highest BCUT2D eigenvalue weighted by molar-refractivity contribution is 5.78. The summed E-state index contributed by atoms with van der Waals surface area (Å²) in [6, 6.07) is 8.73. The molecule has 2 aromatic carbocycles. The Morgan fingerprint density at radius 1 is 1.11 bits per heavy atom. The number of nitrogens with two attached hydrogens (primary N) is 1. The number of hydrogen-bond donors (Lipinski definition) is 2. The Morgan fingerprint density at radius 3 is 2.33 bits per heavy atom. The molecule has 1 saturated carbocycles. The topological polar surface area (TPSA) is 59.6 Å². The molecule has 0 heterocycles. The molecule has 3 rings (SSSR count). The molecule has 0 saturated heterocycles. The Bertz CT molecular complexity index is 816. The first-order valence-electron chi connectivity index (χ1n) is 8.08. The molecule has 144 valence electrons. The molecular formula is C18H16F5N3O. The summed E-state index contributed by atoms with van der Waals surface area (Å²) in [7, 11) is 0. The summed E-state index contributed by atoms with van der Waals surface area (Å²) in [4.78, 5) is 4.08. The maximum absolute atomic E-state index is 13.7. The average Bonchev–Trinajstić information content (AvgIpc) is 3.31. The minimum atomic E-state index is -4.74. The quantitative estimate of drug-likeness (QED) is 0.467. The fourth-order valence-electron chi connectivity index (χ4n) is 2.75. The van der Waals surface area contributed by atoms with Gasteiger partial charge in [-0.2, -0.15) is 0 Å². The van der Waals surface area contributed by atoms with Crippen LogP contribution in [-0.2, 0) is 6.54 Å². The molecule has 0 amide bonds. The van der Waals surface area contributed by atoms with Crippen molar-refractivity contribution in [3.8, 4) is 5.75 Å². The molecule has 1 aliphatic rings. The van der Waals surface area contributed by atoms with Crippen LogP contribution < -0.4 is 15.8 Å². The summed E-state index contributed by atoms with van der Waals surface area (Å²) in [5.41, 5.74) is 6.43. The number of halogens is 5. The second-order valence-electron chi connectivity index (χ2n) is 6.12. The monoisotopic (exact) mass is 385 g/mol. The summed E-state index contributed by atoms with van der Waals surface area (Å²) >= 11 is 0. The van der Waals surface area contributed by atoms with E-state index < -0.39 is 18.0 Å². The van der Waals surface area contributed by atoms with Crippen molar-refractivity contribution in [1.82, 2.24) is 5.32 Å².